The molecule has 0 saturated carbocycles. The average molecular weight is 566 g/mol. The van der Waals surface area contributed by atoms with Gasteiger partial charge >= 0.3 is 12.1 Å². The number of piperazine rings is 1. The first kappa shape index (κ1) is 26.4. The van der Waals surface area contributed by atoms with Crippen molar-refractivity contribution < 1.29 is 26.4 Å². The van der Waals surface area contributed by atoms with Crippen LogP contribution >= 0.6 is 11.6 Å². The van der Waals surface area contributed by atoms with Crippen LogP contribution < -0.4 is 9.80 Å². The van der Waals surface area contributed by atoms with Crippen LogP contribution in [0.4, 0.5) is 24.7 Å². The molecular formula is C25H23ClF3N5O3S. The molecule has 2 aliphatic heterocycles. The number of sulfonamides is 1. The number of rotatable bonds is 4. The zero-order valence-electron chi connectivity index (χ0n) is 20.2. The van der Waals surface area contributed by atoms with E-state index in [-0.39, 0.29) is 30.1 Å². The molecular weight excluding hydrogens is 543 g/mol. The van der Waals surface area contributed by atoms with Gasteiger partial charge in [-0.05, 0) is 55.3 Å². The standard InChI is InChI=1S/C25H23ClF3N5O3S/c1-16-14-17-15-18(6-8-22(17)34(16)24(35)25(27,28)29)38(36,37)33-12-10-32(11-13-33)23-9-7-21(30-31-23)19-4-2-3-5-20(19)26/h2-9,15-16H,10-14H2,1H3. The Bertz CT molecular complexity index is 1480. The fourth-order valence-corrected chi connectivity index (χ4v) is 6.53. The maximum atomic E-state index is 13.3. The molecule has 8 nitrogen and oxygen atoms in total. The third kappa shape index (κ3) is 4.83. The van der Waals surface area contributed by atoms with Crippen LogP contribution in [0.1, 0.15) is 12.5 Å². The lowest BCUT2D eigenvalue weighted by Gasteiger charge is -2.34. The maximum absolute atomic E-state index is 13.3. The van der Waals surface area contributed by atoms with E-state index in [9.17, 15) is 26.4 Å². The molecule has 2 aliphatic rings. The van der Waals surface area contributed by atoms with Crippen molar-refractivity contribution in [2.75, 3.05) is 36.0 Å². The first-order valence-electron chi connectivity index (χ1n) is 11.8. The Labute approximate surface area is 222 Å². The van der Waals surface area contributed by atoms with Crippen LogP contribution in [0.15, 0.2) is 59.5 Å². The van der Waals surface area contributed by atoms with Crippen molar-refractivity contribution in [2.45, 2.75) is 30.5 Å². The molecule has 0 spiro atoms. The highest BCUT2D eigenvalue weighted by molar-refractivity contribution is 7.89. The number of amides is 1. The molecule has 5 rings (SSSR count). The third-order valence-corrected chi connectivity index (χ3v) is 8.95. The molecule has 38 heavy (non-hydrogen) atoms. The maximum Gasteiger partial charge on any atom is 0.471 e. The predicted octanol–water partition coefficient (Wildman–Crippen LogP) is 4.15. The molecule has 13 heteroatoms. The topological polar surface area (TPSA) is 86.7 Å². The lowest BCUT2D eigenvalue weighted by Crippen LogP contribution is -2.49. The highest BCUT2D eigenvalue weighted by Crippen LogP contribution is 2.37. The van der Waals surface area contributed by atoms with Gasteiger partial charge in [-0.1, -0.05) is 29.8 Å². The Morgan fingerprint density at radius 3 is 2.34 bits per heavy atom. The van der Waals surface area contributed by atoms with Crippen LogP contribution in [0.2, 0.25) is 5.02 Å². The van der Waals surface area contributed by atoms with Crippen LogP contribution in [-0.2, 0) is 21.2 Å². The summed E-state index contributed by atoms with van der Waals surface area (Å²) in [5.41, 5.74) is 1.87. The largest absolute Gasteiger partial charge is 0.471 e. The molecule has 1 unspecified atom stereocenters. The summed E-state index contributed by atoms with van der Waals surface area (Å²) in [5.74, 6) is -1.35. The number of nitrogens with zero attached hydrogens (tertiary/aromatic N) is 5. The molecule has 1 atom stereocenters. The van der Waals surface area contributed by atoms with Gasteiger partial charge in [-0.3, -0.25) is 4.79 Å². The summed E-state index contributed by atoms with van der Waals surface area (Å²) in [4.78, 5) is 14.5. The first-order valence-corrected chi connectivity index (χ1v) is 13.7. The summed E-state index contributed by atoms with van der Waals surface area (Å²) in [6.45, 7) is 2.66. The molecule has 3 aromatic rings. The Balaban J connectivity index is 1.28. The van der Waals surface area contributed by atoms with Gasteiger partial charge in [-0.2, -0.15) is 17.5 Å². The summed E-state index contributed by atoms with van der Waals surface area (Å²) in [7, 11) is -3.89. The van der Waals surface area contributed by atoms with E-state index >= 15 is 0 Å². The van der Waals surface area contributed by atoms with Crippen molar-refractivity contribution in [1.82, 2.24) is 14.5 Å². The van der Waals surface area contributed by atoms with Crippen molar-refractivity contribution in [3.63, 3.8) is 0 Å². The van der Waals surface area contributed by atoms with Crippen LogP contribution in [-0.4, -0.2) is 67.2 Å². The molecule has 0 radical (unpaired) electrons. The number of hydrogen-bond acceptors (Lipinski definition) is 6. The van der Waals surface area contributed by atoms with Gasteiger partial charge in [0.2, 0.25) is 10.0 Å². The number of halogens is 4. The van der Waals surface area contributed by atoms with E-state index in [1.165, 1.54) is 29.4 Å². The molecule has 0 bridgehead atoms. The number of anilines is 2. The summed E-state index contributed by atoms with van der Waals surface area (Å²) >= 11 is 6.23. The minimum Gasteiger partial charge on any atom is -0.352 e. The number of aromatic nitrogens is 2. The minimum atomic E-state index is -5.01. The second kappa shape index (κ2) is 9.83. The normalized spacial score (nSPS) is 18.5. The van der Waals surface area contributed by atoms with E-state index < -0.39 is 28.1 Å². The molecule has 1 amide bonds. The quantitative estimate of drug-likeness (QED) is 0.472. The highest BCUT2D eigenvalue weighted by atomic mass is 35.5. The smallest absolute Gasteiger partial charge is 0.352 e. The monoisotopic (exact) mass is 565 g/mol. The fraction of sp³-hybridized carbons (Fsp3) is 0.320. The average Bonchev–Trinajstić information content (AvgIpc) is 3.23. The van der Waals surface area contributed by atoms with Crippen LogP contribution in [0.5, 0.6) is 0 Å². The lowest BCUT2D eigenvalue weighted by atomic mass is 10.1. The molecule has 1 saturated heterocycles. The molecule has 200 valence electrons. The third-order valence-electron chi connectivity index (χ3n) is 6.73. The Kier molecular flexibility index (Phi) is 6.82. The Hall–Kier alpha value is -3.22. The predicted molar refractivity (Wildman–Crippen MR) is 137 cm³/mol. The van der Waals surface area contributed by atoms with E-state index in [1.807, 2.05) is 35.2 Å². The number of hydrogen-bond donors (Lipinski definition) is 0. The van der Waals surface area contributed by atoms with Crippen LogP contribution in [0, 0.1) is 0 Å². The first-order chi connectivity index (χ1) is 18.0. The van der Waals surface area contributed by atoms with Gasteiger partial charge < -0.3 is 9.80 Å². The molecule has 1 aromatic heterocycles. The van der Waals surface area contributed by atoms with Crippen molar-refractivity contribution in [3.05, 3.63) is 65.2 Å². The van der Waals surface area contributed by atoms with Crippen molar-refractivity contribution >= 4 is 39.0 Å². The molecule has 3 heterocycles. The van der Waals surface area contributed by atoms with Gasteiger partial charge in [0.15, 0.2) is 5.82 Å². The molecule has 0 N–H and O–H groups in total. The van der Waals surface area contributed by atoms with Gasteiger partial charge in [-0.15, -0.1) is 10.2 Å². The Morgan fingerprint density at radius 1 is 1.00 bits per heavy atom. The summed E-state index contributed by atoms with van der Waals surface area (Å²) in [6.07, 6.45) is -4.88. The van der Waals surface area contributed by atoms with Crippen LogP contribution in [0.3, 0.4) is 0 Å². The van der Waals surface area contributed by atoms with E-state index in [1.54, 1.807) is 6.07 Å². The van der Waals surface area contributed by atoms with E-state index in [2.05, 4.69) is 10.2 Å². The minimum absolute atomic E-state index is 0.0120. The summed E-state index contributed by atoms with van der Waals surface area (Å²) in [6, 6.07) is 14.1. The van der Waals surface area contributed by atoms with E-state index in [0.29, 0.717) is 40.1 Å². The van der Waals surface area contributed by atoms with Gasteiger partial charge in [0, 0.05) is 43.5 Å². The SMILES string of the molecule is CC1Cc2cc(S(=O)(=O)N3CCN(c4ccc(-c5ccccc5Cl)nn4)CC3)ccc2N1C(=O)C(F)(F)F. The van der Waals surface area contributed by atoms with E-state index in [0.717, 1.165) is 5.56 Å². The Morgan fingerprint density at radius 2 is 1.71 bits per heavy atom. The summed E-state index contributed by atoms with van der Waals surface area (Å²) in [5, 5.41) is 9.12. The number of carbonyl (C=O) groups is 1. The zero-order chi connectivity index (χ0) is 27.2. The van der Waals surface area contributed by atoms with Crippen molar-refractivity contribution in [2.24, 2.45) is 0 Å². The van der Waals surface area contributed by atoms with Gasteiger partial charge in [-0.25, -0.2) is 8.42 Å². The molecule has 0 aliphatic carbocycles. The van der Waals surface area contributed by atoms with Crippen molar-refractivity contribution in [1.29, 1.82) is 0 Å². The molecule has 1 fully saturated rings. The number of carbonyl (C=O) groups excluding carboxylic acids is 1. The van der Waals surface area contributed by atoms with E-state index in [4.69, 9.17) is 11.6 Å². The fourth-order valence-electron chi connectivity index (χ4n) is 4.83. The molecule has 2 aromatic carbocycles. The van der Waals surface area contributed by atoms with Crippen molar-refractivity contribution in [3.8, 4) is 11.3 Å². The second-order valence-corrected chi connectivity index (χ2v) is 11.5. The van der Waals surface area contributed by atoms with Gasteiger partial charge in [0.05, 0.1) is 15.6 Å². The van der Waals surface area contributed by atoms with Gasteiger partial charge in [0.1, 0.15) is 0 Å². The number of alkyl halides is 3. The van der Waals surface area contributed by atoms with Crippen LogP contribution in [0.25, 0.3) is 11.3 Å². The zero-order valence-corrected chi connectivity index (χ0v) is 21.8. The summed E-state index contributed by atoms with van der Waals surface area (Å²) < 4.78 is 67.1. The van der Waals surface area contributed by atoms with Gasteiger partial charge in [0.25, 0.3) is 0 Å². The lowest BCUT2D eigenvalue weighted by molar-refractivity contribution is -0.170. The number of fused-ring (bicyclic) bond motifs is 1. The number of benzene rings is 2. The highest BCUT2D eigenvalue weighted by Gasteiger charge is 2.47. The second-order valence-electron chi connectivity index (χ2n) is 9.16.